The summed E-state index contributed by atoms with van der Waals surface area (Å²) >= 11 is 0. The lowest BCUT2D eigenvalue weighted by molar-refractivity contribution is 0.443. The molecule has 0 aliphatic heterocycles. The minimum Gasteiger partial charge on any atom is -0.459 e. The summed E-state index contributed by atoms with van der Waals surface area (Å²) in [5.74, 6) is 0.590. The van der Waals surface area contributed by atoms with Gasteiger partial charge in [0.2, 0.25) is 0 Å². The minimum atomic E-state index is -0.247. The van der Waals surface area contributed by atoms with Gasteiger partial charge in [0.05, 0.1) is 11.7 Å². The third-order valence-electron chi connectivity index (χ3n) is 3.78. The van der Waals surface area contributed by atoms with E-state index >= 15 is 0 Å². The number of benzene rings is 1. The summed E-state index contributed by atoms with van der Waals surface area (Å²) in [6, 6.07) is 6.61. The first-order chi connectivity index (χ1) is 10.1. The molecule has 0 saturated heterocycles. The monoisotopic (exact) mass is 287 g/mol. The first-order valence-electron chi connectivity index (χ1n) is 6.93. The Labute approximate surface area is 122 Å². The van der Waals surface area contributed by atoms with E-state index in [1.54, 1.807) is 10.7 Å². The van der Waals surface area contributed by atoms with Crippen LogP contribution in [0.1, 0.15) is 23.1 Å². The highest BCUT2D eigenvalue weighted by molar-refractivity contribution is 5.82. The van der Waals surface area contributed by atoms with Crippen molar-refractivity contribution in [2.45, 2.75) is 19.4 Å². The molecule has 3 aromatic rings. The van der Waals surface area contributed by atoms with Crippen LogP contribution in [0.3, 0.4) is 0 Å². The van der Waals surface area contributed by atoms with Crippen LogP contribution in [0.4, 0.5) is 4.39 Å². The highest BCUT2D eigenvalue weighted by Gasteiger charge is 2.20. The number of likely N-dealkylation sites (N-methyl/N-ethyl adjacent to an activating group) is 1. The lowest BCUT2D eigenvalue weighted by Crippen LogP contribution is -2.19. The van der Waals surface area contributed by atoms with Gasteiger partial charge < -0.3 is 9.73 Å². The molecule has 3 rings (SSSR count). The van der Waals surface area contributed by atoms with E-state index in [4.69, 9.17) is 4.42 Å². The molecule has 1 unspecified atom stereocenters. The number of aromatic nitrogens is 2. The molecule has 0 amide bonds. The van der Waals surface area contributed by atoms with Gasteiger partial charge in [-0.15, -0.1) is 0 Å². The molecule has 1 N–H and O–H groups in total. The Hall–Kier alpha value is -2.14. The Morgan fingerprint density at radius 3 is 2.86 bits per heavy atom. The number of fused-ring (bicyclic) bond motifs is 1. The quantitative estimate of drug-likeness (QED) is 0.801. The number of furan rings is 1. The number of halogens is 1. The molecule has 0 bridgehead atoms. The fourth-order valence-electron chi connectivity index (χ4n) is 2.65. The maximum absolute atomic E-state index is 13.4. The van der Waals surface area contributed by atoms with Gasteiger partial charge >= 0.3 is 0 Å². The predicted octanol–water partition coefficient (Wildman–Crippen LogP) is 3.12. The van der Waals surface area contributed by atoms with E-state index in [2.05, 4.69) is 10.4 Å². The van der Waals surface area contributed by atoms with Crippen molar-refractivity contribution >= 4 is 11.0 Å². The fourth-order valence-corrected chi connectivity index (χ4v) is 2.65. The number of hydrogen-bond acceptors (Lipinski definition) is 3. The fraction of sp³-hybridized carbons (Fsp3) is 0.312. The Bertz CT molecular complexity index is 775. The van der Waals surface area contributed by atoms with Gasteiger partial charge in [0.15, 0.2) is 0 Å². The second-order valence-electron chi connectivity index (χ2n) is 5.26. The lowest BCUT2D eigenvalue weighted by Gasteiger charge is -2.13. The third kappa shape index (κ3) is 2.56. The van der Waals surface area contributed by atoms with E-state index in [0.717, 1.165) is 28.8 Å². The molecular formula is C16H18FN3O. The van der Waals surface area contributed by atoms with E-state index < -0.39 is 0 Å². The van der Waals surface area contributed by atoms with Gasteiger partial charge in [-0.1, -0.05) is 0 Å². The third-order valence-corrected chi connectivity index (χ3v) is 3.78. The van der Waals surface area contributed by atoms with Gasteiger partial charge in [-0.25, -0.2) is 4.39 Å². The molecule has 0 aliphatic carbocycles. The predicted molar refractivity (Wildman–Crippen MR) is 79.6 cm³/mol. The van der Waals surface area contributed by atoms with E-state index in [9.17, 15) is 4.39 Å². The highest BCUT2D eigenvalue weighted by atomic mass is 19.1. The first-order valence-corrected chi connectivity index (χ1v) is 6.93. The standard InChI is InChI=1S/C16H18FN3O/c1-10-13-8-11(17)4-5-15(13)21-16(10)14(18-2)9-12-6-7-20(3)19-12/h4-8,14,18H,9H2,1-3H3. The van der Waals surface area contributed by atoms with Crippen molar-refractivity contribution in [3.05, 3.63) is 53.3 Å². The molecule has 0 aliphatic rings. The molecule has 0 radical (unpaired) electrons. The zero-order valence-electron chi connectivity index (χ0n) is 12.4. The zero-order valence-corrected chi connectivity index (χ0v) is 12.4. The molecule has 2 aromatic heterocycles. The Balaban J connectivity index is 1.98. The lowest BCUT2D eigenvalue weighted by atomic mass is 10.0. The summed E-state index contributed by atoms with van der Waals surface area (Å²) < 4.78 is 21.1. The average Bonchev–Trinajstić information content (AvgIpc) is 3.01. The van der Waals surface area contributed by atoms with Crippen molar-refractivity contribution in [3.8, 4) is 0 Å². The van der Waals surface area contributed by atoms with Gasteiger partial charge in [0.25, 0.3) is 0 Å². The summed E-state index contributed by atoms with van der Waals surface area (Å²) in [6.07, 6.45) is 2.64. The molecule has 0 spiro atoms. The molecule has 21 heavy (non-hydrogen) atoms. The van der Waals surface area contributed by atoms with Gasteiger partial charge in [0.1, 0.15) is 17.2 Å². The van der Waals surface area contributed by atoms with E-state index in [0.29, 0.717) is 5.58 Å². The van der Waals surface area contributed by atoms with Crippen molar-refractivity contribution in [2.75, 3.05) is 7.05 Å². The van der Waals surface area contributed by atoms with Crippen LogP contribution in [0.5, 0.6) is 0 Å². The Morgan fingerprint density at radius 1 is 1.38 bits per heavy atom. The maximum atomic E-state index is 13.4. The van der Waals surface area contributed by atoms with Gasteiger partial charge in [0, 0.05) is 30.6 Å². The second kappa shape index (κ2) is 5.33. The summed E-state index contributed by atoms with van der Waals surface area (Å²) in [6.45, 7) is 1.96. The van der Waals surface area contributed by atoms with Gasteiger partial charge in [-0.3, -0.25) is 4.68 Å². The second-order valence-corrected chi connectivity index (χ2v) is 5.26. The Kier molecular flexibility index (Phi) is 3.51. The molecule has 1 atom stereocenters. The zero-order chi connectivity index (χ0) is 15.0. The number of nitrogens with zero attached hydrogens (tertiary/aromatic N) is 2. The molecule has 2 heterocycles. The smallest absolute Gasteiger partial charge is 0.134 e. The number of rotatable bonds is 4. The average molecular weight is 287 g/mol. The molecule has 1 aromatic carbocycles. The molecule has 4 nitrogen and oxygen atoms in total. The number of hydrogen-bond donors (Lipinski definition) is 1. The van der Waals surface area contributed by atoms with Crippen LogP contribution < -0.4 is 5.32 Å². The summed E-state index contributed by atoms with van der Waals surface area (Å²) in [7, 11) is 3.79. The van der Waals surface area contributed by atoms with Crippen LogP contribution in [0.15, 0.2) is 34.9 Å². The highest BCUT2D eigenvalue weighted by Crippen LogP contribution is 2.31. The van der Waals surface area contributed by atoms with Crippen LogP contribution in [0.25, 0.3) is 11.0 Å². The van der Waals surface area contributed by atoms with E-state index in [1.165, 1.54) is 12.1 Å². The van der Waals surface area contributed by atoms with Crippen LogP contribution in [-0.4, -0.2) is 16.8 Å². The van der Waals surface area contributed by atoms with Crippen LogP contribution in [-0.2, 0) is 13.5 Å². The van der Waals surface area contributed by atoms with Crippen molar-refractivity contribution in [3.63, 3.8) is 0 Å². The SMILES string of the molecule is CNC(Cc1ccn(C)n1)c1oc2ccc(F)cc2c1C. The van der Waals surface area contributed by atoms with E-state index in [-0.39, 0.29) is 11.9 Å². The normalized spacial score (nSPS) is 13.0. The summed E-state index contributed by atoms with van der Waals surface area (Å²) in [5.41, 5.74) is 2.67. The largest absolute Gasteiger partial charge is 0.459 e. The van der Waals surface area contributed by atoms with Crippen molar-refractivity contribution in [1.29, 1.82) is 0 Å². The molecule has 0 fully saturated rings. The molecule has 0 saturated carbocycles. The van der Waals surface area contributed by atoms with Crippen molar-refractivity contribution < 1.29 is 8.81 Å². The summed E-state index contributed by atoms with van der Waals surface area (Å²) in [4.78, 5) is 0. The van der Waals surface area contributed by atoms with Crippen LogP contribution in [0, 0.1) is 12.7 Å². The van der Waals surface area contributed by atoms with Gasteiger partial charge in [-0.2, -0.15) is 5.10 Å². The Morgan fingerprint density at radius 2 is 2.19 bits per heavy atom. The number of nitrogens with one attached hydrogen (secondary N) is 1. The van der Waals surface area contributed by atoms with Crippen molar-refractivity contribution in [2.24, 2.45) is 7.05 Å². The minimum absolute atomic E-state index is 0.00959. The molecule has 110 valence electrons. The number of aryl methyl sites for hydroxylation is 2. The van der Waals surface area contributed by atoms with E-state index in [1.807, 2.05) is 33.3 Å². The van der Waals surface area contributed by atoms with Gasteiger partial charge in [-0.05, 0) is 38.2 Å². The first kappa shape index (κ1) is 13.8. The molecule has 5 heteroatoms. The topological polar surface area (TPSA) is 43.0 Å². The van der Waals surface area contributed by atoms with Crippen molar-refractivity contribution in [1.82, 2.24) is 15.1 Å². The maximum Gasteiger partial charge on any atom is 0.134 e. The summed E-state index contributed by atoms with van der Waals surface area (Å²) in [5, 5.41) is 8.48. The molecular weight excluding hydrogens is 269 g/mol. The van der Waals surface area contributed by atoms with Crippen LogP contribution >= 0.6 is 0 Å². The van der Waals surface area contributed by atoms with Crippen LogP contribution in [0.2, 0.25) is 0 Å².